The average Bonchev–Trinajstić information content (AvgIpc) is 2.42. The zero-order chi connectivity index (χ0) is 14.7. The summed E-state index contributed by atoms with van der Waals surface area (Å²) in [5.74, 6) is -0.994. The van der Waals surface area contributed by atoms with Gasteiger partial charge >= 0.3 is 11.7 Å². The number of nitrogens with zero attached hydrogens (tertiary/aromatic N) is 1. The summed E-state index contributed by atoms with van der Waals surface area (Å²) < 4.78 is 1.40. The number of hydrogen-bond acceptors (Lipinski definition) is 3. The first-order chi connectivity index (χ1) is 9.51. The Morgan fingerprint density at radius 1 is 1.25 bits per heavy atom. The number of carboxylic acids is 1. The van der Waals surface area contributed by atoms with E-state index in [-0.39, 0.29) is 17.7 Å². The van der Waals surface area contributed by atoms with Crippen LogP contribution in [0.4, 0.5) is 0 Å². The molecule has 1 aromatic heterocycles. The summed E-state index contributed by atoms with van der Waals surface area (Å²) in [5.41, 5.74) is 0.666. The maximum absolute atomic E-state index is 11.7. The first-order valence-corrected chi connectivity index (χ1v) is 6.16. The maximum atomic E-state index is 11.7. The van der Waals surface area contributed by atoms with E-state index in [1.54, 1.807) is 12.1 Å². The Bertz CT molecular complexity index is 741. The van der Waals surface area contributed by atoms with Crippen LogP contribution in [0.2, 0.25) is 0 Å². The number of carbonyl (C=O) groups is 1. The molecular weight excluding hydrogens is 260 g/mol. The lowest BCUT2D eigenvalue weighted by atomic mass is 10.1. The van der Waals surface area contributed by atoms with Crippen LogP contribution in [-0.4, -0.2) is 20.6 Å². The smallest absolute Gasteiger partial charge is 0.335 e. The van der Waals surface area contributed by atoms with E-state index in [1.165, 1.54) is 22.9 Å². The highest BCUT2D eigenvalue weighted by Gasteiger charge is 2.05. The number of rotatable bonds is 4. The van der Waals surface area contributed by atoms with Crippen LogP contribution in [0.1, 0.15) is 28.4 Å². The quantitative estimate of drug-likeness (QED) is 0.864. The summed E-state index contributed by atoms with van der Waals surface area (Å²) in [6.07, 6.45) is 2.07. The lowest BCUT2D eigenvalue weighted by Crippen LogP contribution is -2.31. The molecule has 2 aromatic rings. The van der Waals surface area contributed by atoms with Crippen molar-refractivity contribution in [3.63, 3.8) is 0 Å². The van der Waals surface area contributed by atoms with Gasteiger partial charge in [0, 0.05) is 11.8 Å². The Hall–Kier alpha value is -2.63. The standard InChI is InChI=1S/C14H14N2O4/c1-2-10-8-16(14(20)15-12(10)17)7-9-3-5-11(6-4-9)13(18)19/h3-6,8H,2,7H2,1H3,(H,18,19)(H,15,17,20). The van der Waals surface area contributed by atoms with Crippen LogP contribution >= 0.6 is 0 Å². The summed E-state index contributed by atoms with van der Waals surface area (Å²) >= 11 is 0. The second kappa shape index (κ2) is 5.56. The number of benzene rings is 1. The van der Waals surface area contributed by atoms with Gasteiger partial charge in [-0.25, -0.2) is 9.59 Å². The molecular formula is C14H14N2O4. The third-order valence-electron chi connectivity index (χ3n) is 3.02. The van der Waals surface area contributed by atoms with Gasteiger partial charge in [0.15, 0.2) is 0 Å². The molecule has 1 heterocycles. The van der Waals surface area contributed by atoms with Gasteiger partial charge in [-0.1, -0.05) is 19.1 Å². The third kappa shape index (κ3) is 2.85. The van der Waals surface area contributed by atoms with Crippen molar-refractivity contribution in [3.05, 3.63) is 68.0 Å². The van der Waals surface area contributed by atoms with Gasteiger partial charge in [0.05, 0.1) is 12.1 Å². The van der Waals surface area contributed by atoms with Crippen LogP contribution in [0.25, 0.3) is 0 Å². The fraction of sp³-hybridized carbons (Fsp3) is 0.214. The normalized spacial score (nSPS) is 10.4. The number of aromatic nitrogens is 2. The maximum Gasteiger partial charge on any atom is 0.335 e. The molecule has 1 aromatic carbocycles. The molecule has 0 radical (unpaired) electrons. The first-order valence-electron chi connectivity index (χ1n) is 6.16. The van der Waals surface area contributed by atoms with E-state index in [0.717, 1.165) is 5.56 Å². The molecule has 0 bridgehead atoms. The zero-order valence-electron chi connectivity index (χ0n) is 10.9. The Balaban J connectivity index is 2.32. The average molecular weight is 274 g/mol. The second-order valence-corrected chi connectivity index (χ2v) is 4.40. The molecule has 0 spiro atoms. The highest BCUT2D eigenvalue weighted by molar-refractivity contribution is 5.87. The number of aromatic amines is 1. The minimum Gasteiger partial charge on any atom is -0.478 e. The molecule has 6 nitrogen and oxygen atoms in total. The predicted octanol–water partition coefficient (Wildman–Crippen LogP) is 0.846. The molecule has 0 aliphatic heterocycles. The Labute approximate surface area is 114 Å². The van der Waals surface area contributed by atoms with Gasteiger partial charge in [0.2, 0.25) is 0 Å². The largest absolute Gasteiger partial charge is 0.478 e. The molecule has 0 fully saturated rings. The fourth-order valence-electron chi connectivity index (χ4n) is 1.87. The van der Waals surface area contributed by atoms with Crippen molar-refractivity contribution >= 4 is 5.97 Å². The van der Waals surface area contributed by atoms with E-state index in [2.05, 4.69) is 4.98 Å². The number of aryl methyl sites for hydroxylation is 1. The lowest BCUT2D eigenvalue weighted by Gasteiger charge is -2.07. The van der Waals surface area contributed by atoms with Crippen molar-refractivity contribution in [1.29, 1.82) is 0 Å². The van der Waals surface area contributed by atoms with Crippen LogP contribution in [0.15, 0.2) is 40.1 Å². The van der Waals surface area contributed by atoms with Gasteiger partial charge < -0.3 is 5.11 Å². The molecule has 0 aliphatic carbocycles. The molecule has 20 heavy (non-hydrogen) atoms. The van der Waals surface area contributed by atoms with Crippen molar-refractivity contribution < 1.29 is 9.90 Å². The van der Waals surface area contributed by atoms with Crippen molar-refractivity contribution in [2.45, 2.75) is 19.9 Å². The van der Waals surface area contributed by atoms with Crippen LogP contribution in [0.5, 0.6) is 0 Å². The van der Waals surface area contributed by atoms with Crippen LogP contribution in [0.3, 0.4) is 0 Å². The fourth-order valence-corrected chi connectivity index (χ4v) is 1.87. The molecule has 0 saturated carbocycles. The second-order valence-electron chi connectivity index (χ2n) is 4.40. The van der Waals surface area contributed by atoms with Gasteiger partial charge in [-0.15, -0.1) is 0 Å². The van der Waals surface area contributed by atoms with E-state index in [1.807, 2.05) is 6.92 Å². The van der Waals surface area contributed by atoms with Crippen molar-refractivity contribution in [3.8, 4) is 0 Å². The Morgan fingerprint density at radius 2 is 1.90 bits per heavy atom. The predicted molar refractivity (Wildman–Crippen MR) is 73.2 cm³/mol. The molecule has 104 valence electrons. The summed E-state index contributed by atoms with van der Waals surface area (Å²) in [6, 6.07) is 6.25. The number of aromatic carboxylic acids is 1. The van der Waals surface area contributed by atoms with E-state index in [9.17, 15) is 14.4 Å². The molecule has 0 saturated heterocycles. The third-order valence-corrected chi connectivity index (χ3v) is 3.02. The van der Waals surface area contributed by atoms with Crippen molar-refractivity contribution in [2.24, 2.45) is 0 Å². The minimum atomic E-state index is -0.994. The van der Waals surface area contributed by atoms with Gasteiger partial charge in [0.25, 0.3) is 5.56 Å². The van der Waals surface area contributed by atoms with Gasteiger partial charge in [-0.2, -0.15) is 0 Å². The Morgan fingerprint density at radius 3 is 2.45 bits per heavy atom. The van der Waals surface area contributed by atoms with E-state index >= 15 is 0 Å². The van der Waals surface area contributed by atoms with E-state index in [0.29, 0.717) is 12.0 Å². The highest BCUT2D eigenvalue weighted by Crippen LogP contribution is 2.05. The summed E-state index contributed by atoms with van der Waals surface area (Å²) in [6.45, 7) is 2.11. The first kappa shape index (κ1) is 13.8. The molecule has 0 amide bonds. The number of nitrogens with one attached hydrogen (secondary N) is 1. The van der Waals surface area contributed by atoms with Crippen LogP contribution in [0, 0.1) is 0 Å². The molecule has 0 atom stereocenters. The molecule has 2 N–H and O–H groups in total. The number of H-pyrrole nitrogens is 1. The molecule has 0 aliphatic rings. The van der Waals surface area contributed by atoms with Gasteiger partial charge in [-0.05, 0) is 24.1 Å². The molecule has 2 rings (SSSR count). The Kier molecular flexibility index (Phi) is 3.84. The zero-order valence-corrected chi connectivity index (χ0v) is 10.9. The van der Waals surface area contributed by atoms with Gasteiger partial charge in [-0.3, -0.25) is 14.3 Å². The topological polar surface area (TPSA) is 92.2 Å². The van der Waals surface area contributed by atoms with E-state index < -0.39 is 11.7 Å². The highest BCUT2D eigenvalue weighted by atomic mass is 16.4. The van der Waals surface area contributed by atoms with Crippen molar-refractivity contribution in [1.82, 2.24) is 9.55 Å². The minimum absolute atomic E-state index is 0.191. The van der Waals surface area contributed by atoms with E-state index in [4.69, 9.17) is 5.11 Å². The molecule has 6 heteroatoms. The SMILES string of the molecule is CCc1cn(Cc2ccc(C(=O)O)cc2)c(=O)[nH]c1=O. The summed E-state index contributed by atoms with van der Waals surface area (Å²) in [4.78, 5) is 36.2. The van der Waals surface area contributed by atoms with Crippen molar-refractivity contribution in [2.75, 3.05) is 0 Å². The van der Waals surface area contributed by atoms with Crippen LogP contribution < -0.4 is 11.2 Å². The molecule has 0 unspecified atom stereocenters. The number of hydrogen-bond donors (Lipinski definition) is 2. The lowest BCUT2D eigenvalue weighted by molar-refractivity contribution is 0.0697. The number of carboxylic acid groups (broad SMARTS) is 1. The monoisotopic (exact) mass is 274 g/mol. The van der Waals surface area contributed by atoms with Gasteiger partial charge in [0.1, 0.15) is 0 Å². The van der Waals surface area contributed by atoms with Crippen LogP contribution in [-0.2, 0) is 13.0 Å². The summed E-state index contributed by atoms with van der Waals surface area (Å²) in [5, 5.41) is 8.81. The summed E-state index contributed by atoms with van der Waals surface area (Å²) in [7, 11) is 0.